The maximum atomic E-state index is 12.9. The van der Waals surface area contributed by atoms with Crippen LogP contribution in [0.5, 0.6) is 0 Å². The molecule has 0 aromatic rings. The van der Waals surface area contributed by atoms with Gasteiger partial charge < -0.3 is 14.2 Å². The van der Waals surface area contributed by atoms with Gasteiger partial charge >= 0.3 is 17.9 Å². The molecule has 0 aliphatic rings. The van der Waals surface area contributed by atoms with Crippen LogP contribution in [0.15, 0.2) is 24.3 Å². The molecule has 0 N–H and O–H groups in total. The minimum atomic E-state index is -0.770. The highest BCUT2D eigenvalue weighted by Gasteiger charge is 2.19. The zero-order valence-electron chi connectivity index (χ0n) is 46.6. The van der Waals surface area contributed by atoms with Gasteiger partial charge in [-0.05, 0) is 51.4 Å². The summed E-state index contributed by atoms with van der Waals surface area (Å²) in [4.78, 5) is 38.2. The molecule has 406 valence electrons. The molecule has 0 amide bonds. The normalized spacial score (nSPS) is 12.1. The molecule has 0 saturated heterocycles. The third kappa shape index (κ3) is 56.7. The van der Waals surface area contributed by atoms with E-state index in [0.717, 1.165) is 70.6 Å². The molecule has 0 saturated carbocycles. The monoisotopic (exact) mass is 971 g/mol. The number of carbonyl (C=O) groups excluding carboxylic acids is 3. The quantitative estimate of drug-likeness (QED) is 0.0261. The van der Waals surface area contributed by atoms with Gasteiger partial charge in [-0.15, -0.1) is 0 Å². The minimum absolute atomic E-state index is 0.0677. The summed E-state index contributed by atoms with van der Waals surface area (Å²) in [5.41, 5.74) is 0. The van der Waals surface area contributed by atoms with Gasteiger partial charge in [-0.25, -0.2) is 0 Å². The predicted molar refractivity (Wildman–Crippen MR) is 298 cm³/mol. The third-order valence-electron chi connectivity index (χ3n) is 14.0. The average Bonchev–Trinajstić information content (AvgIpc) is 3.35. The number of hydrogen-bond acceptors (Lipinski definition) is 6. The number of rotatable bonds is 57. The lowest BCUT2D eigenvalue weighted by molar-refractivity contribution is -0.167. The molecule has 0 bridgehead atoms. The first-order chi connectivity index (χ1) is 34.0. The molecule has 0 spiro atoms. The Morgan fingerprint density at radius 3 is 0.826 bits per heavy atom. The first kappa shape index (κ1) is 66.9. The summed E-state index contributed by atoms with van der Waals surface area (Å²) in [6.07, 6.45) is 68.8. The van der Waals surface area contributed by atoms with Crippen molar-refractivity contribution in [2.24, 2.45) is 0 Å². The van der Waals surface area contributed by atoms with Gasteiger partial charge in [-0.2, -0.15) is 0 Å². The van der Waals surface area contributed by atoms with Gasteiger partial charge in [0, 0.05) is 19.3 Å². The molecule has 0 aliphatic heterocycles. The molecule has 6 nitrogen and oxygen atoms in total. The van der Waals surface area contributed by atoms with Crippen molar-refractivity contribution in [1.82, 2.24) is 0 Å². The van der Waals surface area contributed by atoms with Crippen LogP contribution in [0.1, 0.15) is 342 Å². The smallest absolute Gasteiger partial charge is 0.306 e. The summed E-state index contributed by atoms with van der Waals surface area (Å²) in [5, 5.41) is 0. The van der Waals surface area contributed by atoms with Crippen LogP contribution in [0.3, 0.4) is 0 Å². The summed E-state index contributed by atoms with van der Waals surface area (Å²) in [6.45, 7) is 6.67. The lowest BCUT2D eigenvalue weighted by atomic mass is 10.0. The van der Waals surface area contributed by atoms with Crippen molar-refractivity contribution in [2.45, 2.75) is 348 Å². The van der Waals surface area contributed by atoms with Crippen LogP contribution in [-0.4, -0.2) is 37.2 Å². The number of esters is 3. The van der Waals surface area contributed by atoms with Crippen molar-refractivity contribution >= 4 is 17.9 Å². The second kappa shape index (κ2) is 58.5. The predicted octanol–water partition coefficient (Wildman–Crippen LogP) is 20.7. The standard InChI is InChI=1S/C63H118O6/c1-4-7-10-13-16-19-22-25-28-30-31-33-36-39-42-45-48-51-54-57-63(66)69-60(58-67-61(64)55-52-49-46-43-40-37-34-27-24-21-18-15-12-9-6-3)59-68-62(65)56-53-50-47-44-41-38-35-32-29-26-23-20-17-14-11-8-5-2/h17,20,26,29,60H,4-16,18-19,21-25,27-28,30-59H2,1-3H3/b20-17-,29-26-/t60-/m0/s1. The Bertz CT molecular complexity index is 1110. The highest BCUT2D eigenvalue weighted by Crippen LogP contribution is 2.18. The molecule has 69 heavy (non-hydrogen) atoms. The van der Waals surface area contributed by atoms with Gasteiger partial charge in [-0.1, -0.05) is 295 Å². The van der Waals surface area contributed by atoms with E-state index in [2.05, 4.69) is 45.1 Å². The van der Waals surface area contributed by atoms with E-state index in [1.807, 2.05) is 0 Å². The fraction of sp³-hybridized carbons (Fsp3) is 0.889. The van der Waals surface area contributed by atoms with Gasteiger partial charge in [0.1, 0.15) is 13.2 Å². The van der Waals surface area contributed by atoms with Crippen LogP contribution < -0.4 is 0 Å². The van der Waals surface area contributed by atoms with E-state index in [4.69, 9.17) is 14.2 Å². The lowest BCUT2D eigenvalue weighted by Gasteiger charge is -2.18. The molecular weight excluding hydrogens is 853 g/mol. The largest absolute Gasteiger partial charge is 0.462 e. The van der Waals surface area contributed by atoms with Crippen molar-refractivity contribution < 1.29 is 28.6 Å². The molecule has 0 heterocycles. The van der Waals surface area contributed by atoms with E-state index in [9.17, 15) is 14.4 Å². The first-order valence-electron chi connectivity index (χ1n) is 30.8. The van der Waals surface area contributed by atoms with Gasteiger partial charge in [0.15, 0.2) is 6.10 Å². The molecule has 1 atom stereocenters. The zero-order valence-corrected chi connectivity index (χ0v) is 46.6. The molecule has 0 aromatic heterocycles. The van der Waals surface area contributed by atoms with Crippen molar-refractivity contribution in [3.05, 3.63) is 24.3 Å². The molecule has 0 radical (unpaired) electrons. The van der Waals surface area contributed by atoms with Crippen LogP contribution >= 0.6 is 0 Å². The van der Waals surface area contributed by atoms with Gasteiger partial charge in [0.05, 0.1) is 0 Å². The fourth-order valence-corrected chi connectivity index (χ4v) is 9.30. The number of unbranched alkanes of at least 4 members (excludes halogenated alkanes) is 42. The van der Waals surface area contributed by atoms with Gasteiger partial charge in [0.25, 0.3) is 0 Å². The summed E-state index contributed by atoms with van der Waals surface area (Å²) < 4.78 is 16.9. The van der Waals surface area contributed by atoms with E-state index < -0.39 is 6.10 Å². The number of ether oxygens (including phenoxy) is 3. The van der Waals surface area contributed by atoms with Crippen LogP contribution in [0.4, 0.5) is 0 Å². The van der Waals surface area contributed by atoms with E-state index in [0.29, 0.717) is 19.3 Å². The molecule has 0 fully saturated rings. The molecule has 0 rings (SSSR count). The fourth-order valence-electron chi connectivity index (χ4n) is 9.30. The Kier molecular flexibility index (Phi) is 56.7. The topological polar surface area (TPSA) is 78.9 Å². The Morgan fingerprint density at radius 2 is 0.522 bits per heavy atom. The van der Waals surface area contributed by atoms with Crippen molar-refractivity contribution in [1.29, 1.82) is 0 Å². The lowest BCUT2D eigenvalue weighted by Crippen LogP contribution is -2.30. The van der Waals surface area contributed by atoms with Crippen molar-refractivity contribution in [2.75, 3.05) is 13.2 Å². The second-order valence-electron chi connectivity index (χ2n) is 21.0. The SMILES string of the molecule is CCCCC/C=C\C/C=C\CCCCCCCCCC(=O)OC[C@H](COC(=O)CCCCCCCCCCCCCCCCC)OC(=O)CCCCCCCCCCCCCCCCCCCCC. The second-order valence-corrected chi connectivity index (χ2v) is 21.0. The molecule has 0 aromatic carbocycles. The average molecular weight is 972 g/mol. The van der Waals surface area contributed by atoms with Gasteiger partial charge in [0.2, 0.25) is 0 Å². The molecule has 0 aliphatic carbocycles. The first-order valence-corrected chi connectivity index (χ1v) is 30.8. The number of hydrogen-bond donors (Lipinski definition) is 0. The maximum absolute atomic E-state index is 12.9. The number of allylic oxidation sites excluding steroid dienone is 4. The van der Waals surface area contributed by atoms with Crippen LogP contribution in [0.25, 0.3) is 0 Å². The highest BCUT2D eigenvalue weighted by molar-refractivity contribution is 5.71. The Morgan fingerprint density at radius 1 is 0.290 bits per heavy atom. The van der Waals surface area contributed by atoms with E-state index in [1.165, 1.54) is 231 Å². The zero-order chi connectivity index (χ0) is 50.0. The van der Waals surface area contributed by atoms with Crippen LogP contribution in [0, 0.1) is 0 Å². The summed E-state index contributed by atoms with van der Waals surface area (Å²) in [7, 11) is 0. The summed E-state index contributed by atoms with van der Waals surface area (Å²) in [6, 6.07) is 0. The molecule has 6 heteroatoms. The number of carbonyl (C=O) groups is 3. The van der Waals surface area contributed by atoms with E-state index >= 15 is 0 Å². The molecule has 0 unspecified atom stereocenters. The minimum Gasteiger partial charge on any atom is -0.462 e. The Labute approximate surface area is 430 Å². The highest BCUT2D eigenvalue weighted by atomic mass is 16.6. The van der Waals surface area contributed by atoms with E-state index in [1.54, 1.807) is 0 Å². The Hall–Kier alpha value is -2.11. The maximum Gasteiger partial charge on any atom is 0.306 e. The van der Waals surface area contributed by atoms with Crippen LogP contribution in [0.2, 0.25) is 0 Å². The summed E-state index contributed by atoms with van der Waals surface area (Å²) >= 11 is 0. The van der Waals surface area contributed by atoms with Crippen LogP contribution in [-0.2, 0) is 28.6 Å². The van der Waals surface area contributed by atoms with Crippen molar-refractivity contribution in [3.8, 4) is 0 Å². The molecular formula is C63H118O6. The van der Waals surface area contributed by atoms with Crippen molar-refractivity contribution in [3.63, 3.8) is 0 Å². The van der Waals surface area contributed by atoms with Gasteiger partial charge in [-0.3, -0.25) is 14.4 Å². The third-order valence-corrected chi connectivity index (χ3v) is 14.0. The summed E-state index contributed by atoms with van der Waals surface area (Å²) in [5.74, 6) is -0.849. The Balaban J connectivity index is 4.32. The van der Waals surface area contributed by atoms with E-state index in [-0.39, 0.29) is 31.1 Å².